The van der Waals surface area contributed by atoms with Crippen molar-refractivity contribution in [2.45, 2.75) is 19.3 Å². The Morgan fingerprint density at radius 2 is 1.65 bits per heavy atom. The summed E-state index contributed by atoms with van der Waals surface area (Å²) in [6, 6.07) is 13.4. The van der Waals surface area contributed by atoms with Gasteiger partial charge in [-0.25, -0.2) is 4.98 Å². The summed E-state index contributed by atoms with van der Waals surface area (Å²) in [5, 5.41) is 4.00. The standard InChI is InChI=1S/C23H26N6O2/c30-22(19-17-20(31-26-19)18-7-3-1-4-8-18)28-15-13-27(14-16-28)21-9-10-24-23(25-21)29-11-5-2-6-12-29/h1,3-4,7-10,17H,2,5-6,11-16H2. The fraction of sp³-hybridized carbons (Fsp3) is 0.391. The summed E-state index contributed by atoms with van der Waals surface area (Å²) >= 11 is 0. The molecule has 2 saturated heterocycles. The van der Waals surface area contributed by atoms with Gasteiger partial charge in [0.05, 0.1) is 0 Å². The van der Waals surface area contributed by atoms with Crippen LogP contribution in [-0.4, -0.2) is 65.2 Å². The molecule has 0 spiro atoms. The molecule has 0 bridgehead atoms. The van der Waals surface area contributed by atoms with Gasteiger partial charge in [-0.2, -0.15) is 4.98 Å². The van der Waals surface area contributed by atoms with Crippen molar-refractivity contribution in [2.24, 2.45) is 0 Å². The molecule has 2 aliphatic heterocycles. The first kappa shape index (κ1) is 19.5. The molecule has 8 heteroatoms. The fourth-order valence-corrected chi connectivity index (χ4v) is 4.18. The molecule has 0 aliphatic carbocycles. The Bertz CT molecular complexity index is 1020. The maximum atomic E-state index is 12.9. The second kappa shape index (κ2) is 8.75. The number of hydrogen-bond donors (Lipinski definition) is 0. The molecule has 2 fully saturated rings. The van der Waals surface area contributed by atoms with Crippen molar-refractivity contribution < 1.29 is 9.32 Å². The highest BCUT2D eigenvalue weighted by Gasteiger charge is 2.26. The van der Waals surface area contributed by atoms with E-state index >= 15 is 0 Å². The summed E-state index contributed by atoms with van der Waals surface area (Å²) in [6.07, 6.45) is 5.51. The maximum Gasteiger partial charge on any atom is 0.276 e. The molecule has 1 amide bonds. The lowest BCUT2D eigenvalue weighted by atomic mass is 10.1. The summed E-state index contributed by atoms with van der Waals surface area (Å²) in [6.45, 7) is 4.74. The van der Waals surface area contributed by atoms with Crippen LogP contribution in [0.3, 0.4) is 0 Å². The van der Waals surface area contributed by atoms with Crippen molar-refractivity contribution in [1.82, 2.24) is 20.0 Å². The zero-order valence-corrected chi connectivity index (χ0v) is 17.5. The number of rotatable bonds is 4. The number of carbonyl (C=O) groups excluding carboxylic acids is 1. The molecule has 8 nitrogen and oxygen atoms in total. The van der Waals surface area contributed by atoms with Crippen molar-refractivity contribution in [2.75, 3.05) is 49.1 Å². The number of hydrogen-bond acceptors (Lipinski definition) is 7. The van der Waals surface area contributed by atoms with Gasteiger partial charge in [0.15, 0.2) is 11.5 Å². The maximum absolute atomic E-state index is 12.9. The number of nitrogens with zero attached hydrogens (tertiary/aromatic N) is 6. The molecule has 2 aromatic heterocycles. The third kappa shape index (κ3) is 4.23. The Labute approximate surface area is 181 Å². The van der Waals surface area contributed by atoms with E-state index < -0.39 is 0 Å². The van der Waals surface area contributed by atoms with Crippen molar-refractivity contribution in [3.8, 4) is 11.3 Å². The van der Waals surface area contributed by atoms with Crippen LogP contribution in [0.2, 0.25) is 0 Å². The first-order valence-electron chi connectivity index (χ1n) is 10.9. The number of anilines is 2. The topological polar surface area (TPSA) is 78.6 Å². The smallest absolute Gasteiger partial charge is 0.276 e. The first-order valence-corrected chi connectivity index (χ1v) is 10.9. The van der Waals surface area contributed by atoms with Crippen LogP contribution < -0.4 is 9.80 Å². The number of aromatic nitrogens is 3. The fourth-order valence-electron chi connectivity index (χ4n) is 4.18. The molecule has 0 N–H and O–H groups in total. The van der Waals surface area contributed by atoms with Crippen LogP contribution >= 0.6 is 0 Å². The van der Waals surface area contributed by atoms with Gasteiger partial charge in [-0.05, 0) is 25.3 Å². The average molecular weight is 419 g/mol. The Balaban J connectivity index is 1.22. The van der Waals surface area contributed by atoms with Crippen molar-refractivity contribution >= 4 is 17.7 Å². The highest BCUT2D eigenvalue weighted by Crippen LogP contribution is 2.22. The van der Waals surface area contributed by atoms with Crippen molar-refractivity contribution in [3.05, 3.63) is 54.4 Å². The molecule has 2 aliphatic rings. The quantitative estimate of drug-likeness (QED) is 0.644. The van der Waals surface area contributed by atoms with Gasteiger partial charge >= 0.3 is 0 Å². The minimum absolute atomic E-state index is 0.0951. The zero-order chi connectivity index (χ0) is 21.0. The molecule has 3 aromatic rings. The molecule has 0 radical (unpaired) electrons. The van der Waals surface area contributed by atoms with E-state index in [-0.39, 0.29) is 5.91 Å². The number of amides is 1. The zero-order valence-electron chi connectivity index (χ0n) is 17.5. The van der Waals surface area contributed by atoms with E-state index in [1.54, 1.807) is 6.07 Å². The van der Waals surface area contributed by atoms with E-state index in [0.717, 1.165) is 43.5 Å². The Kier molecular flexibility index (Phi) is 5.52. The van der Waals surface area contributed by atoms with Crippen LogP contribution in [0.4, 0.5) is 11.8 Å². The van der Waals surface area contributed by atoms with Gasteiger partial charge < -0.3 is 19.2 Å². The molecule has 0 saturated carbocycles. The number of benzene rings is 1. The summed E-state index contributed by atoms with van der Waals surface area (Å²) < 4.78 is 5.39. The SMILES string of the molecule is O=C(c1cc(-c2ccccc2)on1)N1CCN(c2ccnc(N3CCCCC3)n2)CC1. The minimum Gasteiger partial charge on any atom is -0.355 e. The van der Waals surface area contributed by atoms with E-state index in [1.165, 1.54) is 19.3 Å². The summed E-state index contributed by atoms with van der Waals surface area (Å²) in [5.41, 5.74) is 1.26. The van der Waals surface area contributed by atoms with Crippen LogP contribution in [0.1, 0.15) is 29.8 Å². The van der Waals surface area contributed by atoms with Crippen molar-refractivity contribution in [1.29, 1.82) is 0 Å². The number of piperazine rings is 1. The van der Waals surface area contributed by atoms with E-state index in [2.05, 4.69) is 19.9 Å². The lowest BCUT2D eigenvalue weighted by Gasteiger charge is -2.35. The molecular weight excluding hydrogens is 392 g/mol. The average Bonchev–Trinajstić information content (AvgIpc) is 3.35. The predicted molar refractivity (Wildman–Crippen MR) is 118 cm³/mol. The van der Waals surface area contributed by atoms with Gasteiger partial charge in [-0.15, -0.1) is 0 Å². The van der Waals surface area contributed by atoms with Crippen LogP contribution in [0.5, 0.6) is 0 Å². The van der Waals surface area contributed by atoms with Gasteiger partial charge in [0.1, 0.15) is 5.82 Å². The Morgan fingerprint density at radius 1 is 0.871 bits per heavy atom. The third-order valence-corrected chi connectivity index (χ3v) is 5.95. The monoisotopic (exact) mass is 418 g/mol. The molecule has 160 valence electrons. The molecule has 4 heterocycles. The summed E-state index contributed by atoms with van der Waals surface area (Å²) in [5.74, 6) is 2.25. The Morgan fingerprint density at radius 3 is 2.42 bits per heavy atom. The summed E-state index contributed by atoms with van der Waals surface area (Å²) in [4.78, 5) is 28.5. The highest BCUT2D eigenvalue weighted by atomic mass is 16.5. The van der Waals surface area contributed by atoms with Crippen molar-refractivity contribution in [3.63, 3.8) is 0 Å². The largest absolute Gasteiger partial charge is 0.355 e. The lowest BCUT2D eigenvalue weighted by molar-refractivity contribution is 0.0736. The number of carbonyl (C=O) groups is 1. The molecular formula is C23H26N6O2. The lowest BCUT2D eigenvalue weighted by Crippen LogP contribution is -2.49. The van der Waals surface area contributed by atoms with Crippen LogP contribution in [0.15, 0.2) is 53.2 Å². The Hall–Kier alpha value is -3.42. The van der Waals surface area contributed by atoms with E-state index in [4.69, 9.17) is 9.51 Å². The van der Waals surface area contributed by atoms with Crippen LogP contribution in [-0.2, 0) is 0 Å². The molecule has 31 heavy (non-hydrogen) atoms. The highest BCUT2D eigenvalue weighted by molar-refractivity contribution is 5.93. The van der Waals surface area contributed by atoms with Gasteiger partial charge in [-0.1, -0.05) is 35.5 Å². The van der Waals surface area contributed by atoms with Gasteiger partial charge in [-0.3, -0.25) is 4.79 Å². The minimum atomic E-state index is -0.0951. The second-order valence-corrected chi connectivity index (χ2v) is 7.98. The van der Waals surface area contributed by atoms with Crippen LogP contribution in [0, 0.1) is 0 Å². The van der Waals surface area contributed by atoms with Gasteiger partial charge in [0.2, 0.25) is 5.95 Å². The number of piperidine rings is 1. The van der Waals surface area contributed by atoms with Gasteiger partial charge in [0.25, 0.3) is 5.91 Å². The molecule has 1 aromatic carbocycles. The normalized spacial score (nSPS) is 17.1. The predicted octanol–water partition coefficient (Wildman–Crippen LogP) is 3.08. The van der Waals surface area contributed by atoms with E-state index in [1.807, 2.05) is 47.5 Å². The third-order valence-electron chi connectivity index (χ3n) is 5.95. The second-order valence-electron chi connectivity index (χ2n) is 7.98. The molecule has 0 atom stereocenters. The van der Waals surface area contributed by atoms with E-state index in [0.29, 0.717) is 24.5 Å². The van der Waals surface area contributed by atoms with Gasteiger partial charge in [0, 0.05) is 57.1 Å². The molecule has 0 unspecified atom stereocenters. The van der Waals surface area contributed by atoms with Crippen LogP contribution in [0.25, 0.3) is 11.3 Å². The molecule has 5 rings (SSSR count). The summed E-state index contributed by atoms with van der Waals surface area (Å²) in [7, 11) is 0. The van der Waals surface area contributed by atoms with E-state index in [9.17, 15) is 4.79 Å². The first-order chi connectivity index (χ1) is 15.3.